The van der Waals surface area contributed by atoms with E-state index < -0.39 is 11.5 Å². The largest absolute Gasteiger partial charge is 0.497 e. The van der Waals surface area contributed by atoms with Crippen LogP contribution in [0.25, 0.3) is 22.2 Å². The van der Waals surface area contributed by atoms with Gasteiger partial charge in [0.05, 0.1) is 12.8 Å². The number of aromatic nitrogens is 1. The van der Waals surface area contributed by atoms with Gasteiger partial charge < -0.3 is 9.15 Å². The number of methoxy groups -OCH3 is 1. The molecule has 0 atom stereocenters. The van der Waals surface area contributed by atoms with Gasteiger partial charge in [-0.15, -0.1) is 11.3 Å². The summed E-state index contributed by atoms with van der Waals surface area (Å²) in [6.07, 6.45) is 4.69. The summed E-state index contributed by atoms with van der Waals surface area (Å²) in [6, 6.07) is 13.0. The normalized spacial score (nSPS) is 13.1. The van der Waals surface area contributed by atoms with E-state index in [0.717, 1.165) is 24.1 Å². The number of ether oxygens (including phenoxy) is 1. The lowest BCUT2D eigenvalue weighted by Crippen LogP contribution is -2.20. The summed E-state index contributed by atoms with van der Waals surface area (Å²) in [5.74, 6) is 0.0622. The molecule has 0 fully saturated rings. The first kappa shape index (κ1) is 19.5. The fourth-order valence-corrected chi connectivity index (χ4v) is 4.62. The van der Waals surface area contributed by atoms with E-state index in [1.807, 2.05) is 5.38 Å². The molecule has 0 saturated carbocycles. The van der Waals surface area contributed by atoms with Crippen molar-refractivity contribution in [1.82, 2.24) is 4.98 Å². The predicted molar refractivity (Wildman–Crippen MR) is 121 cm³/mol. The summed E-state index contributed by atoms with van der Waals surface area (Å²) < 4.78 is 10.5. The van der Waals surface area contributed by atoms with Crippen LogP contribution in [0.5, 0.6) is 5.75 Å². The minimum Gasteiger partial charge on any atom is -0.497 e. The molecule has 1 aliphatic carbocycles. The number of thiazole rings is 1. The molecule has 1 N–H and O–H groups in total. The average Bonchev–Trinajstić information content (AvgIpc) is 3.26. The monoisotopic (exact) mass is 432 g/mol. The molecule has 5 rings (SSSR count). The first-order valence-corrected chi connectivity index (χ1v) is 11.0. The number of fused-ring (bicyclic) bond motifs is 2. The van der Waals surface area contributed by atoms with E-state index in [4.69, 9.17) is 9.15 Å². The Hall–Kier alpha value is -3.45. The summed E-state index contributed by atoms with van der Waals surface area (Å²) in [4.78, 5) is 29.6. The maximum atomic E-state index is 12.7. The van der Waals surface area contributed by atoms with Crippen molar-refractivity contribution in [3.8, 4) is 17.0 Å². The second-order valence-electron chi connectivity index (χ2n) is 7.53. The van der Waals surface area contributed by atoms with Crippen LogP contribution >= 0.6 is 11.3 Å². The molecule has 0 bridgehead atoms. The van der Waals surface area contributed by atoms with Gasteiger partial charge in [0.1, 0.15) is 16.9 Å². The molecule has 0 aliphatic heterocycles. The van der Waals surface area contributed by atoms with Crippen molar-refractivity contribution in [1.29, 1.82) is 0 Å². The van der Waals surface area contributed by atoms with Gasteiger partial charge in [0.2, 0.25) is 0 Å². The Bertz CT molecular complexity index is 1360. The van der Waals surface area contributed by atoms with Gasteiger partial charge in [0.25, 0.3) is 5.91 Å². The lowest BCUT2D eigenvalue weighted by atomic mass is 9.90. The predicted octanol–water partition coefficient (Wildman–Crippen LogP) is 5.06. The van der Waals surface area contributed by atoms with E-state index in [-0.39, 0.29) is 5.56 Å². The van der Waals surface area contributed by atoms with E-state index in [1.54, 1.807) is 25.3 Å². The maximum Gasteiger partial charge on any atom is 0.349 e. The third kappa shape index (κ3) is 3.84. The zero-order valence-corrected chi connectivity index (χ0v) is 17.8. The van der Waals surface area contributed by atoms with E-state index in [2.05, 4.69) is 28.5 Å². The lowest BCUT2D eigenvalue weighted by Gasteiger charge is -2.16. The summed E-state index contributed by atoms with van der Waals surface area (Å²) in [7, 11) is 1.55. The Morgan fingerprint density at radius 2 is 1.94 bits per heavy atom. The van der Waals surface area contributed by atoms with Crippen LogP contribution in [0.4, 0.5) is 5.13 Å². The molecular formula is C24H20N2O4S. The van der Waals surface area contributed by atoms with Crippen molar-refractivity contribution in [2.45, 2.75) is 25.7 Å². The fraction of sp³-hybridized carbons (Fsp3) is 0.208. The second-order valence-corrected chi connectivity index (χ2v) is 8.39. The Balaban J connectivity index is 1.40. The number of nitrogens with one attached hydrogen (secondary N) is 1. The van der Waals surface area contributed by atoms with Crippen LogP contribution in [0.2, 0.25) is 0 Å². The summed E-state index contributed by atoms with van der Waals surface area (Å²) in [5, 5.41) is 5.68. The number of hydrogen-bond acceptors (Lipinski definition) is 6. The van der Waals surface area contributed by atoms with Crippen molar-refractivity contribution in [2.75, 3.05) is 12.4 Å². The van der Waals surface area contributed by atoms with E-state index in [0.29, 0.717) is 21.9 Å². The summed E-state index contributed by atoms with van der Waals surface area (Å²) in [5.41, 5.74) is 4.27. The molecule has 4 aromatic rings. The molecule has 156 valence electrons. The molecule has 2 heterocycles. The molecule has 0 saturated heterocycles. The number of carbonyl (C=O) groups is 1. The first-order chi connectivity index (χ1) is 15.1. The standard InChI is InChI=1S/C24H20N2O4S/c1-29-18-8-9-21-17(11-18)12-19(23(28)30-21)22(27)26-24-25-20(13-31-24)16-7-6-14-4-2-3-5-15(14)10-16/h6-13H,2-5H2,1H3,(H,25,26,27). The highest BCUT2D eigenvalue weighted by atomic mass is 32.1. The van der Waals surface area contributed by atoms with E-state index in [9.17, 15) is 9.59 Å². The Labute approximate surface area is 182 Å². The third-order valence-electron chi connectivity index (χ3n) is 5.55. The van der Waals surface area contributed by atoms with Crippen LogP contribution in [0, 0.1) is 0 Å². The van der Waals surface area contributed by atoms with Crippen LogP contribution in [0.1, 0.15) is 34.3 Å². The fourth-order valence-electron chi connectivity index (χ4n) is 3.91. The van der Waals surface area contributed by atoms with Gasteiger partial charge in [-0.05, 0) is 67.1 Å². The van der Waals surface area contributed by atoms with Gasteiger partial charge in [-0.2, -0.15) is 0 Å². The quantitative estimate of drug-likeness (QED) is 0.456. The minimum atomic E-state index is -0.693. The molecule has 0 unspecified atom stereocenters. The highest BCUT2D eigenvalue weighted by Crippen LogP contribution is 2.30. The second kappa shape index (κ2) is 8.00. The topological polar surface area (TPSA) is 81.4 Å². The number of anilines is 1. The SMILES string of the molecule is COc1ccc2oc(=O)c(C(=O)Nc3nc(-c4ccc5c(c4)CCCC5)cs3)cc2c1. The molecular weight excluding hydrogens is 412 g/mol. The molecule has 31 heavy (non-hydrogen) atoms. The number of amides is 1. The molecule has 0 radical (unpaired) electrons. The van der Waals surface area contributed by atoms with Crippen molar-refractivity contribution >= 4 is 33.3 Å². The number of nitrogens with zero attached hydrogens (tertiary/aromatic N) is 1. The van der Waals surface area contributed by atoms with E-state index >= 15 is 0 Å². The average molecular weight is 433 g/mol. The Kier molecular flexibility index (Phi) is 5.03. The van der Waals surface area contributed by atoms with Crippen molar-refractivity contribution in [3.63, 3.8) is 0 Å². The number of carbonyl (C=O) groups excluding carboxylic acids is 1. The highest BCUT2D eigenvalue weighted by molar-refractivity contribution is 7.14. The molecule has 2 aromatic carbocycles. The van der Waals surface area contributed by atoms with Gasteiger partial charge >= 0.3 is 5.63 Å². The summed E-state index contributed by atoms with van der Waals surface area (Å²) >= 11 is 1.32. The zero-order valence-electron chi connectivity index (χ0n) is 16.9. The number of hydrogen-bond donors (Lipinski definition) is 1. The highest BCUT2D eigenvalue weighted by Gasteiger charge is 2.17. The summed E-state index contributed by atoms with van der Waals surface area (Å²) in [6.45, 7) is 0. The maximum absolute atomic E-state index is 12.7. The Morgan fingerprint density at radius 1 is 1.10 bits per heavy atom. The smallest absolute Gasteiger partial charge is 0.349 e. The van der Waals surface area contributed by atoms with Crippen LogP contribution < -0.4 is 15.7 Å². The molecule has 1 aliphatic rings. The molecule has 1 amide bonds. The zero-order chi connectivity index (χ0) is 21.4. The van der Waals surface area contributed by atoms with Crippen LogP contribution in [0.15, 0.2) is 57.1 Å². The van der Waals surface area contributed by atoms with Gasteiger partial charge in [-0.25, -0.2) is 9.78 Å². The molecule has 7 heteroatoms. The van der Waals surface area contributed by atoms with Gasteiger partial charge in [0.15, 0.2) is 5.13 Å². The lowest BCUT2D eigenvalue weighted by molar-refractivity contribution is 0.102. The minimum absolute atomic E-state index is 0.0775. The van der Waals surface area contributed by atoms with E-state index in [1.165, 1.54) is 41.4 Å². The number of benzene rings is 2. The Morgan fingerprint density at radius 3 is 2.77 bits per heavy atom. The molecule has 0 spiro atoms. The van der Waals surface area contributed by atoms with Gasteiger partial charge in [-0.3, -0.25) is 10.1 Å². The molecule has 2 aromatic heterocycles. The van der Waals surface area contributed by atoms with Crippen LogP contribution in [-0.4, -0.2) is 18.0 Å². The van der Waals surface area contributed by atoms with Crippen molar-refractivity contribution in [3.05, 3.63) is 75.0 Å². The third-order valence-corrected chi connectivity index (χ3v) is 6.31. The van der Waals surface area contributed by atoms with Crippen molar-refractivity contribution in [2.24, 2.45) is 0 Å². The van der Waals surface area contributed by atoms with Crippen LogP contribution in [-0.2, 0) is 12.8 Å². The van der Waals surface area contributed by atoms with Crippen LogP contribution in [0.3, 0.4) is 0 Å². The number of rotatable bonds is 4. The number of aryl methyl sites for hydroxylation is 2. The van der Waals surface area contributed by atoms with Crippen molar-refractivity contribution < 1.29 is 13.9 Å². The van der Waals surface area contributed by atoms with Gasteiger partial charge in [-0.1, -0.05) is 12.1 Å². The first-order valence-electron chi connectivity index (χ1n) is 10.1. The molecule has 6 nitrogen and oxygen atoms in total. The van der Waals surface area contributed by atoms with Gasteiger partial charge in [0, 0.05) is 16.3 Å².